The molecule has 0 atom stereocenters. The normalized spacial score (nSPS) is 10.4. The Labute approximate surface area is 72.4 Å². The molecular weight excluding hydrogens is 154 g/mol. The molecule has 0 bridgehead atoms. The Balaban J connectivity index is 2.27. The van der Waals surface area contributed by atoms with Crippen LogP contribution in [0.3, 0.4) is 0 Å². The van der Waals surface area contributed by atoms with Crippen molar-refractivity contribution in [3.63, 3.8) is 0 Å². The first-order valence-electron chi connectivity index (χ1n) is 4.07. The minimum absolute atomic E-state index is 1.03. The highest BCUT2D eigenvalue weighted by Gasteiger charge is 1.93. The maximum atomic E-state index is 3.38. The van der Waals surface area contributed by atoms with E-state index in [4.69, 9.17) is 0 Å². The van der Waals surface area contributed by atoms with Crippen molar-refractivity contribution in [2.45, 2.75) is 26.8 Å². The molecule has 0 aliphatic heterocycles. The lowest BCUT2D eigenvalue weighted by atomic mass is 10.3. The van der Waals surface area contributed by atoms with E-state index >= 15 is 0 Å². The van der Waals surface area contributed by atoms with Crippen molar-refractivity contribution in [3.8, 4) is 0 Å². The molecule has 1 N–H and O–H groups in total. The maximum Gasteiger partial charge on any atom is 0.0299 e. The molecule has 1 aromatic rings. The van der Waals surface area contributed by atoms with Gasteiger partial charge in [0.2, 0.25) is 0 Å². The fourth-order valence-electron chi connectivity index (χ4n) is 0.972. The zero-order valence-corrected chi connectivity index (χ0v) is 8.00. The predicted octanol–water partition coefficient (Wildman–Crippen LogP) is 2.56. The molecule has 1 rings (SSSR count). The summed E-state index contributed by atoms with van der Waals surface area (Å²) in [7, 11) is 0. The summed E-state index contributed by atoms with van der Waals surface area (Å²) in [6, 6.07) is 2.24. The molecule has 0 aliphatic rings. The highest BCUT2D eigenvalue weighted by Crippen LogP contribution is 2.12. The van der Waals surface area contributed by atoms with E-state index in [1.165, 1.54) is 16.9 Å². The van der Waals surface area contributed by atoms with Crippen LogP contribution in [0.4, 0.5) is 0 Å². The van der Waals surface area contributed by atoms with Gasteiger partial charge in [-0.1, -0.05) is 6.92 Å². The summed E-state index contributed by atoms with van der Waals surface area (Å²) in [6.07, 6.45) is 1.21. The lowest BCUT2D eigenvalue weighted by molar-refractivity contribution is 0.681. The minimum Gasteiger partial charge on any atom is -0.312 e. The molecule has 1 aromatic heterocycles. The largest absolute Gasteiger partial charge is 0.312 e. The summed E-state index contributed by atoms with van der Waals surface area (Å²) in [6.45, 7) is 6.48. The zero-order chi connectivity index (χ0) is 8.10. The molecule has 62 valence electrons. The van der Waals surface area contributed by atoms with Crippen LogP contribution in [0, 0.1) is 6.92 Å². The fourth-order valence-corrected chi connectivity index (χ4v) is 1.82. The molecule has 0 saturated heterocycles. The molecule has 0 amide bonds. The van der Waals surface area contributed by atoms with Crippen LogP contribution in [0.25, 0.3) is 0 Å². The number of hydrogen-bond acceptors (Lipinski definition) is 2. The minimum atomic E-state index is 1.03. The second kappa shape index (κ2) is 4.52. The van der Waals surface area contributed by atoms with Gasteiger partial charge in [-0.25, -0.2) is 0 Å². The summed E-state index contributed by atoms with van der Waals surface area (Å²) in [5.41, 5.74) is 1.38. The highest BCUT2D eigenvalue weighted by molar-refractivity contribution is 7.10. The Bertz CT molecular complexity index is 205. The van der Waals surface area contributed by atoms with Gasteiger partial charge in [0.05, 0.1) is 0 Å². The Morgan fingerprint density at radius 1 is 1.55 bits per heavy atom. The molecule has 11 heavy (non-hydrogen) atoms. The van der Waals surface area contributed by atoms with Crippen molar-refractivity contribution in [3.05, 3.63) is 21.9 Å². The van der Waals surface area contributed by atoms with E-state index in [0.717, 1.165) is 13.1 Å². The topological polar surface area (TPSA) is 12.0 Å². The summed E-state index contributed by atoms with van der Waals surface area (Å²) in [5, 5.41) is 5.57. The highest BCUT2D eigenvalue weighted by atomic mass is 32.1. The van der Waals surface area contributed by atoms with Gasteiger partial charge < -0.3 is 5.32 Å². The van der Waals surface area contributed by atoms with Gasteiger partial charge in [-0.2, -0.15) is 0 Å². The van der Waals surface area contributed by atoms with Crippen molar-refractivity contribution in [2.75, 3.05) is 6.54 Å². The van der Waals surface area contributed by atoms with E-state index in [1.807, 2.05) is 11.3 Å². The van der Waals surface area contributed by atoms with Crippen LogP contribution < -0.4 is 5.32 Å². The number of rotatable bonds is 4. The van der Waals surface area contributed by atoms with Crippen LogP contribution in [0.15, 0.2) is 11.4 Å². The van der Waals surface area contributed by atoms with E-state index < -0.39 is 0 Å². The van der Waals surface area contributed by atoms with Gasteiger partial charge in [0, 0.05) is 11.4 Å². The van der Waals surface area contributed by atoms with E-state index in [9.17, 15) is 0 Å². The summed E-state index contributed by atoms with van der Waals surface area (Å²) >= 11 is 1.84. The Morgan fingerprint density at radius 2 is 2.36 bits per heavy atom. The Morgan fingerprint density at radius 3 is 2.91 bits per heavy atom. The molecule has 0 aliphatic carbocycles. The van der Waals surface area contributed by atoms with Gasteiger partial charge in [-0.05, 0) is 36.9 Å². The van der Waals surface area contributed by atoms with Gasteiger partial charge >= 0.3 is 0 Å². The first-order chi connectivity index (χ1) is 5.33. The second-order valence-corrected chi connectivity index (χ2v) is 3.76. The molecule has 0 fully saturated rings. The third-order valence-electron chi connectivity index (χ3n) is 1.51. The van der Waals surface area contributed by atoms with Crippen LogP contribution in [-0.2, 0) is 6.54 Å². The van der Waals surface area contributed by atoms with Crippen molar-refractivity contribution in [1.29, 1.82) is 0 Å². The maximum absolute atomic E-state index is 3.38. The molecule has 0 saturated carbocycles. The number of thiophene rings is 1. The number of aryl methyl sites for hydroxylation is 1. The van der Waals surface area contributed by atoms with Gasteiger partial charge in [-0.3, -0.25) is 0 Å². The van der Waals surface area contributed by atoms with Crippen LogP contribution in [0.1, 0.15) is 23.8 Å². The third-order valence-corrected chi connectivity index (χ3v) is 2.57. The van der Waals surface area contributed by atoms with Crippen LogP contribution >= 0.6 is 11.3 Å². The molecular formula is C9H15NS. The summed E-state index contributed by atoms with van der Waals surface area (Å²) < 4.78 is 0. The second-order valence-electron chi connectivity index (χ2n) is 2.77. The average Bonchev–Trinajstić information content (AvgIpc) is 2.37. The molecule has 0 spiro atoms. The van der Waals surface area contributed by atoms with Gasteiger partial charge in [0.25, 0.3) is 0 Å². The predicted molar refractivity (Wildman–Crippen MR) is 51.1 cm³/mol. The van der Waals surface area contributed by atoms with Gasteiger partial charge in [0.15, 0.2) is 0 Å². The monoisotopic (exact) mass is 169 g/mol. The number of nitrogens with one attached hydrogen (secondary N) is 1. The Hall–Kier alpha value is -0.340. The zero-order valence-electron chi connectivity index (χ0n) is 7.18. The van der Waals surface area contributed by atoms with Crippen LogP contribution in [0.2, 0.25) is 0 Å². The summed E-state index contributed by atoms with van der Waals surface area (Å²) in [4.78, 5) is 1.44. The summed E-state index contributed by atoms with van der Waals surface area (Å²) in [5.74, 6) is 0. The SMILES string of the molecule is CCCNCc1cc(C)cs1. The molecule has 1 heterocycles. The van der Waals surface area contributed by atoms with E-state index in [0.29, 0.717) is 0 Å². The van der Waals surface area contributed by atoms with Crippen molar-refractivity contribution in [1.82, 2.24) is 5.32 Å². The lowest BCUT2D eigenvalue weighted by Crippen LogP contribution is -2.12. The fraction of sp³-hybridized carbons (Fsp3) is 0.556. The van der Waals surface area contributed by atoms with E-state index in [1.54, 1.807) is 0 Å². The molecule has 0 radical (unpaired) electrons. The molecule has 1 nitrogen and oxygen atoms in total. The molecule has 0 aromatic carbocycles. The Kier molecular flexibility index (Phi) is 3.60. The van der Waals surface area contributed by atoms with Crippen molar-refractivity contribution < 1.29 is 0 Å². The number of hydrogen-bond donors (Lipinski definition) is 1. The standard InChI is InChI=1S/C9H15NS/c1-3-4-10-6-9-5-8(2)7-11-9/h5,7,10H,3-4,6H2,1-2H3. The van der Waals surface area contributed by atoms with E-state index in [-0.39, 0.29) is 0 Å². The van der Waals surface area contributed by atoms with E-state index in [2.05, 4.69) is 30.6 Å². The molecule has 2 heteroatoms. The van der Waals surface area contributed by atoms with Crippen molar-refractivity contribution >= 4 is 11.3 Å². The average molecular weight is 169 g/mol. The molecule has 0 unspecified atom stereocenters. The van der Waals surface area contributed by atoms with Gasteiger partial charge in [-0.15, -0.1) is 11.3 Å². The van der Waals surface area contributed by atoms with Crippen molar-refractivity contribution in [2.24, 2.45) is 0 Å². The lowest BCUT2D eigenvalue weighted by Gasteiger charge is -1.98. The quantitative estimate of drug-likeness (QED) is 0.683. The van der Waals surface area contributed by atoms with Crippen LogP contribution in [-0.4, -0.2) is 6.54 Å². The smallest absolute Gasteiger partial charge is 0.0299 e. The van der Waals surface area contributed by atoms with Crippen LogP contribution in [0.5, 0.6) is 0 Å². The first-order valence-corrected chi connectivity index (χ1v) is 4.95. The third kappa shape index (κ3) is 3.04. The first kappa shape index (κ1) is 8.75. The van der Waals surface area contributed by atoms with Gasteiger partial charge in [0.1, 0.15) is 0 Å².